The second-order valence-electron chi connectivity index (χ2n) is 6.35. The van der Waals surface area contributed by atoms with Crippen LogP contribution >= 0.6 is 0 Å². The van der Waals surface area contributed by atoms with Crippen molar-refractivity contribution in [2.75, 3.05) is 13.1 Å². The van der Waals surface area contributed by atoms with Crippen molar-refractivity contribution in [3.63, 3.8) is 0 Å². The smallest absolute Gasteiger partial charge is 0.404 e. The van der Waals surface area contributed by atoms with E-state index in [9.17, 15) is 23.5 Å². The van der Waals surface area contributed by atoms with E-state index in [1.807, 2.05) is 0 Å². The lowest BCUT2D eigenvalue weighted by molar-refractivity contribution is -0.123. The Balaban J connectivity index is 2.00. The maximum atomic E-state index is 13.3. The number of rotatable bonds is 7. The number of carbonyl (C=O) groups is 2. The SMILES string of the molecule is O=C(O)N[C@@H](Cc1cc(F)cc(F)c1)[C@@H](O)CN[C@@H]1CCCCNC1=O. The number of hydrogen-bond acceptors (Lipinski definition) is 4. The zero-order chi connectivity index (χ0) is 19.1. The first-order chi connectivity index (χ1) is 12.3. The van der Waals surface area contributed by atoms with Gasteiger partial charge in [0.2, 0.25) is 5.91 Å². The summed E-state index contributed by atoms with van der Waals surface area (Å²) in [6.07, 6.45) is -0.301. The van der Waals surface area contributed by atoms with Crippen LogP contribution in [0.25, 0.3) is 0 Å². The van der Waals surface area contributed by atoms with Gasteiger partial charge in [0, 0.05) is 19.2 Å². The van der Waals surface area contributed by atoms with E-state index in [2.05, 4.69) is 16.0 Å². The highest BCUT2D eigenvalue weighted by atomic mass is 19.1. The Kier molecular flexibility index (Phi) is 7.28. The summed E-state index contributed by atoms with van der Waals surface area (Å²) in [6.45, 7) is 0.564. The molecule has 2 rings (SSSR count). The molecular formula is C17H23F2N3O4. The van der Waals surface area contributed by atoms with E-state index >= 15 is 0 Å². The van der Waals surface area contributed by atoms with Crippen LogP contribution in [0.4, 0.5) is 13.6 Å². The van der Waals surface area contributed by atoms with E-state index in [-0.39, 0.29) is 24.4 Å². The molecule has 1 saturated heterocycles. The molecule has 1 aliphatic heterocycles. The van der Waals surface area contributed by atoms with E-state index in [0.29, 0.717) is 19.0 Å². The largest absolute Gasteiger partial charge is 0.465 e. The average molecular weight is 371 g/mol. The lowest BCUT2D eigenvalue weighted by Gasteiger charge is -2.25. The van der Waals surface area contributed by atoms with Gasteiger partial charge in [-0.15, -0.1) is 0 Å². The van der Waals surface area contributed by atoms with Gasteiger partial charge < -0.3 is 26.2 Å². The number of nitrogens with one attached hydrogen (secondary N) is 3. The minimum Gasteiger partial charge on any atom is -0.465 e. The van der Waals surface area contributed by atoms with Crippen LogP contribution in [0, 0.1) is 11.6 Å². The Morgan fingerprint density at radius 1 is 1.27 bits per heavy atom. The number of carbonyl (C=O) groups excluding carboxylic acids is 1. The first kappa shape index (κ1) is 20.1. The van der Waals surface area contributed by atoms with Gasteiger partial charge in [-0.25, -0.2) is 13.6 Å². The maximum Gasteiger partial charge on any atom is 0.404 e. The normalized spacial score (nSPS) is 20.0. The molecule has 26 heavy (non-hydrogen) atoms. The van der Waals surface area contributed by atoms with Crippen LogP contribution in [-0.2, 0) is 11.2 Å². The molecule has 1 aromatic carbocycles. The topological polar surface area (TPSA) is 111 Å². The van der Waals surface area contributed by atoms with Crippen LogP contribution in [0.1, 0.15) is 24.8 Å². The fourth-order valence-electron chi connectivity index (χ4n) is 2.96. The Morgan fingerprint density at radius 2 is 1.96 bits per heavy atom. The minimum atomic E-state index is -1.36. The van der Waals surface area contributed by atoms with Gasteiger partial charge in [-0.05, 0) is 43.4 Å². The highest BCUT2D eigenvalue weighted by molar-refractivity contribution is 5.81. The van der Waals surface area contributed by atoms with Crippen molar-refractivity contribution in [2.45, 2.75) is 43.9 Å². The molecule has 0 radical (unpaired) electrons. The molecule has 0 saturated carbocycles. The molecule has 0 aliphatic carbocycles. The predicted octanol–water partition coefficient (Wildman–Crippen LogP) is 0.763. The van der Waals surface area contributed by atoms with E-state index in [0.717, 1.165) is 25.0 Å². The van der Waals surface area contributed by atoms with Crippen molar-refractivity contribution in [1.29, 1.82) is 0 Å². The first-order valence-corrected chi connectivity index (χ1v) is 8.48. The monoisotopic (exact) mass is 371 g/mol. The van der Waals surface area contributed by atoms with Crippen LogP contribution in [0.2, 0.25) is 0 Å². The fourth-order valence-corrected chi connectivity index (χ4v) is 2.96. The molecule has 144 valence electrons. The van der Waals surface area contributed by atoms with Crippen molar-refractivity contribution < 1.29 is 28.6 Å². The lowest BCUT2D eigenvalue weighted by atomic mass is 10.0. The zero-order valence-corrected chi connectivity index (χ0v) is 14.2. The summed E-state index contributed by atoms with van der Waals surface area (Å²) >= 11 is 0. The molecule has 5 N–H and O–H groups in total. The first-order valence-electron chi connectivity index (χ1n) is 8.48. The standard InChI is InChI=1S/C17H23F2N3O4/c18-11-5-10(6-12(19)8-11)7-14(22-17(25)26)15(23)9-21-13-3-1-2-4-20-16(13)24/h5-6,8,13-15,21-23H,1-4,7,9H2,(H,20,24)(H,25,26)/t13-,14+,15+/m1/s1. The van der Waals surface area contributed by atoms with Crippen LogP contribution in [-0.4, -0.2) is 53.5 Å². The predicted molar refractivity (Wildman–Crippen MR) is 89.7 cm³/mol. The summed E-state index contributed by atoms with van der Waals surface area (Å²) in [4.78, 5) is 22.9. The third kappa shape index (κ3) is 6.23. The molecule has 0 spiro atoms. The van der Waals surface area contributed by atoms with Crippen LogP contribution in [0.3, 0.4) is 0 Å². The Morgan fingerprint density at radius 3 is 2.62 bits per heavy atom. The summed E-state index contributed by atoms with van der Waals surface area (Å²) in [6, 6.07) is 1.42. The number of hydrogen-bond donors (Lipinski definition) is 5. The number of carboxylic acid groups (broad SMARTS) is 1. The molecule has 1 fully saturated rings. The summed E-state index contributed by atoms with van der Waals surface area (Å²) in [7, 11) is 0. The van der Waals surface area contributed by atoms with Crippen LogP contribution in [0.5, 0.6) is 0 Å². The lowest BCUT2D eigenvalue weighted by Crippen LogP contribution is -2.52. The molecule has 0 aromatic heterocycles. The van der Waals surface area contributed by atoms with E-state index in [1.54, 1.807) is 0 Å². The third-order valence-corrected chi connectivity index (χ3v) is 4.26. The maximum absolute atomic E-state index is 13.3. The molecule has 1 aromatic rings. The van der Waals surface area contributed by atoms with Gasteiger partial charge in [0.25, 0.3) is 0 Å². The average Bonchev–Trinajstić information content (AvgIpc) is 2.75. The van der Waals surface area contributed by atoms with Crippen molar-refractivity contribution in [1.82, 2.24) is 16.0 Å². The second kappa shape index (κ2) is 9.44. The van der Waals surface area contributed by atoms with Gasteiger partial charge >= 0.3 is 6.09 Å². The molecule has 0 bridgehead atoms. The van der Waals surface area contributed by atoms with Crippen molar-refractivity contribution in [3.8, 4) is 0 Å². The summed E-state index contributed by atoms with van der Waals surface area (Å²) in [5.74, 6) is -1.72. The fraction of sp³-hybridized carbons (Fsp3) is 0.529. The van der Waals surface area contributed by atoms with Crippen molar-refractivity contribution in [2.24, 2.45) is 0 Å². The van der Waals surface area contributed by atoms with Crippen molar-refractivity contribution >= 4 is 12.0 Å². The quantitative estimate of drug-likeness (QED) is 0.486. The molecule has 9 heteroatoms. The van der Waals surface area contributed by atoms with Gasteiger partial charge in [-0.2, -0.15) is 0 Å². The van der Waals surface area contributed by atoms with Crippen molar-refractivity contribution in [3.05, 3.63) is 35.4 Å². The summed E-state index contributed by atoms with van der Waals surface area (Å²) < 4.78 is 26.6. The third-order valence-electron chi connectivity index (χ3n) is 4.26. The Hall–Kier alpha value is -2.26. The molecular weight excluding hydrogens is 348 g/mol. The number of aliphatic hydroxyl groups is 1. The van der Waals surface area contributed by atoms with Gasteiger partial charge in [-0.1, -0.05) is 0 Å². The zero-order valence-electron chi connectivity index (χ0n) is 14.2. The number of halogens is 2. The van der Waals surface area contributed by atoms with Gasteiger partial charge in [-0.3, -0.25) is 4.79 Å². The van der Waals surface area contributed by atoms with E-state index in [4.69, 9.17) is 5.11 Å². The van der Waals surface area contributed by atoms with Gasteiger partial charge in [0.05, 0.1) is 18.2 Å². The Bertz CT molecular complexity index is 624. The minimum absolute atomic E-state index is 0.0408. The number of benzene rings is 1. The summed E-state index contributed by atoms with van der Waals surface area (Å²) in [5.41, 5.74) is 0.215. The van der Waals surface area contributed by atoms with E-state index in [1.165, 1.54) is 0 Å². The van der Waals surface area contributed by atoms with Crippen LogP contribution < -0.4 is 16.0 Å². The highest BCUT2D eigenvalue weighted by Gasteiger charge is 2.25. The molecule has 7 nitrogen and oxygen atoms in total. The molecule has 3 atom stereocenters. The number of aliphatic hydroxyl groups excluding tert-OH is 1. The number of amides is 2. The molecule has 0 unspecified atom stereocenters. The second-order valence-corrected chi connectivity index (χ2v) is 6.35. The Labute approximate surface area is 149 Å². The summed E-state index contributed by atoms with van der Waals surface area (Å²) in [5, 5.41) is 27.1. The van der Waals surface area contributed by atoms with Gasteiger partial charge in [0.15, 0.2) is 0 Å². The molecule has 1 aliphatic rings. The molecule has 1 heterocycles. The van der Waals surface area contributed by atoms with E-state index < -0.39 is 35.9 Å². The van der Waals surface area contributed by atoms with Gasteiger partial charge in [0.1, 0.15) is 11.6 Å². The van der Waals surface area contributed by atoms with Crippen LogP contribution in [0.15, 0.2) is 18.2 Å². The highest BCUT2D eigenvalue weighted by Crippen LogP contribution is 2.12. The molecule has 2 amide bonds.